The highest BCUT2D eigenvalue weighted by Gasteiger charge is 2.59. The molecule has 2 fully saturated rings. The fraction of sp³-hybridized carbons (Fsp3) is 0.778. The fourth-order valence-electron chi connectivity index (χ4n) is 2.06. The second kappa shape index (κ2) is 2.47. The summed E-state index contributed by atoms with van der Waals surface area (Å²) in [5, 5.41) is 9.06. The Kier molecular flexibility index (Phi) is 1.62. The Balaban J connectivity index is 2.05. The highest BCUT2D eigenvalue weighted by molar-refractivity contribution is 5.82. The van der Waals surface area contributed by atoms with Gasteiger partial charge in [-0.05, 0) is 18.8 Å². The summed E-state index contributed by atoms with van der Waals surface area (Å²) in [6.07, 6.45) is 2.02. The van der Waals surface area contributed by atoms with E-state index in [0.29, 0.717) is 19.0 Å². The topological polar surface area (TPSA) is 57.6 Å². The van der Waals surface area contributed by atoms with Crippen LogP contribution in [0.3, 0.4) is 0 Å². The molecule has 0 aromatic heterocycles. The monoisotopic (exact) mass is 183 g/mol. The first-order chi connectivity index (χ1) is 6.06. The quantitative estimate of drug-likeness (QED) is 0.671. The van der Waals surface area contributed by atoms with Crippen LogP contribution in [-0.2, 0) is 9.59 Å². The minimum Gasteiger partial charge on any atom is -0.481 e. The highest BCUT2D eigenvalue weighted by atomic mass is 16.4. The van der Waals surface area contributed by atoms with Gasteiger partial charge in [0.1, 0.15) is 5.41 Å². The second-order valence-electron chi connectivity index (χ2n) is 4.11. The number of aliphatic carboxylic acids is 1. The van der Waals surface area contributed by atoms with E-state index >= 15 is 0 Å². The van der Waals surface area contributed by atoms with Crippen LogP contribution in [-0.4, -0.2) is 35.0 Å². The van der Waals surface area contributed by atoms with Gasteiger partial charge in [-0.1, -0.05) is 0 Å². The van der Waals surface area contributed by atoms with Gasteiger partial charge in [-0.3, -0.25) is 9.59 Å². The largest absolute Gasteiger partial charge is 0.481 e. The third kappa shape index (κ3) is 1.12. The molecule has 1 saturated carbocycles. The first-order valence-electron chi connectivity index (χ1n) is 4.55. The molecule has 0 aromatic rings. The molecule has 1 aliphatic carbocycles. The van der Waals surface area contributed by atoms with Gasteiger partial charge in [-0.15, -0.1) is 0 Å². The summed E-state index contributed by atoms with van der Waals surface area (Å²) in [6, 6.07) is 0. The molecule has 0 atom stereocenters. The Morgan fingerprint density at radius 1 is 1.38 bits per heavy atom. The maximum Gasteiger partial charge on any atom is 0.313 e. The standard InChI is InChI=1S/C9H13NO3/c1-6(11)10-4-9(5-10,8(12)13)7-2-3-7/h7H,2-5H2,1H3,(H,12,13). The third-order valence-corrected chi connectivity index (χ3v) is 3.18. The summed E-state index contributed by atoms with van der Waals surface area (Å²) in [5.41, 5.74) is -0.592. The summed E-state index contributed by atoms with van der Waals surface area (Å²) in [7, 11) is 0. The molecule has 1 amide bonds. The molecule has 2 aliphatic rings. The van der Waals surface area contributed by atoms with Gasteiger partial charge < -0.3 is 10.0 Å². The molecule has 1 aliphatic heterocycles. The SMILES string of the molecule is CC(=O)N1CC(C(=O)O)(C2CC2)C1. The molecule has 2 rings (SSSR count). The Morgan fingerprint density at radius 3 is 2.23 bits per heavy atom. The number of carbonyl (C=O) groups is 2. The van der Waals surface area contributed by atoms with Crippen molar-refractivity contribution in [2.45, 2.75) is 19.8 Å². The van der Waals surface area contributed by atoms with Crippen LogP contribution in [0.5, 0.6) is 0 Å². The number of rotatable bonds is 2. The van der Waals surface area contributed by atoms with Crippen molar-refractivity contribution in [3.8, 4) is 0 Å². The smallest absolute Gasteiger partial charge is 0.313 e. The lowest BCUT2D eigenvalue weighted by Gasteiger charge is -2.47. The van der Waals surface area contributed by atoms with E-state index in [-0.39, 0.29) is 5.91 Å². The van der Waals surface area contributed by atoms with E-state index < -0.39 is 11.4 Å². The zero-order valence-corrected chi connectivity index (χ0v) is 7.62. The molecule has 4 nitrogen and oxygen atoms in total. The van der Waals surface area contributed by atoms with Crippen LogP contribution in [0.1, 0.15) is 19.8 Å². The van der Waals surface area contributed by atoms with Crippen LogP contribution in [0, 0.1) is 11.3 Å². The van der Waals surface area contributed by atoms with Crippen LogP contribution in [0.2, 0.25) is 0 Å². The van der Waals surface area contributed by atoms with Gasteiger partial charge >= 0.3 is 5.97 Å². The van der Waals surface area contributed by atoms with E-state index in [9.17, 15) is 9.59 Å². The average molecular weight is 183 g/mol. The molecular formula is C9H13NO3. The fourth-order valence-corrected chi connectivity index (χ4v) is 2.06. The Morgan fingerprint density at radius 2 is 1.92 bits per heavy atom. The maximum atomic E-state index is 11.0. The predicted molar refractivity (Wildman–Crippen MR) is 45.0 cm³/mol. The Labute approximate surface area is 76.5 Å². The number of carbonyl (C=O) groups excluding carboxylic acids is 1. The lowest BCUT2D eigenvalue weighted by Crippen LogP contribution is -2.62. The molecule has 72 valence electrons. The zero-order valence-electron chi connectivity index (χ0n) is 7.62. The molecule has 0 bridgehead atoms. The molecule has 13 heavy (non-hydrogen) atoms. The lowest BCUT2D eigenvalue weighted by atomic mass is 9.75. The van der Waals surface area contributed by atoms with Gasteiger partial charge in [0.25, 0.3) is 0 Å². The molecule has 1 N–H and O–H groups in total. The molecule has 1 saturated heterocycles. The molecule has 0 aromatic carbocycles. The van der Waals surface area contributed by atoms with Crippen molar-refractivity contribution in [1.29, 1.82) is 0 Å². The molecule has 4 heteroatoms. The number of hydrogen-bond donors (Lipinski definition) is 1. The first-order valence-corrected chi connectivity index (χ1v) is 4.55. The number of hydrogen-bond acceptors (Lipinski definition) is 2. The van der Waals surface area contributed by atoms with Crippen molar-refractivity contribution in [1.82, 2.24) is 4.90 Å². The van der Waals surface area contributed by atoms with Gasteiger partial charge in [-0.2, -0.15) is 0 Å². The van der Waals surface area contributed by atoms with Crippen molar-refractivity contribution in [3.63, 3.8) is 0 Å². The minimum absolute atomic E-state index is 0.0162. The molecule has 0 radical (unpaired) electrons. The number of likely N-dealkylation sites (tertiary alicyclic amines) is 1. The van der Waals surface area contributed by atoms with E-state index in [1.807, 2.05) is 0 Å². The van der Waals surface area contributed by atoms with Crippen LogP contribution in [0.25, 0.3) is 0 Å². The van der Waals surface area contributed by atoms with Crippen LogP contribution in [0.4, 0.5) is 0 Å². The molecule has 0 unspecified atom stereocenters. The average Bonchev–Trinajstić information content (AvgIpc) is 2.65. The molecule has 1 heterocycles. The van der Waals surface area contributed by atoms with Crippen molar-refractivity contribution in [3.05, 3.63) is 0 Å². The van der Waals surface area contributed by atoms with Crippen molar-refractivity contribution < 1.29 is 14.7 Å². The van der Waals surface area contributed by atoms with E-state index in [1.54, 1.807) is 4.90 Å². The lowest BCUT2D eigenvalue weighted by molar-refractivity contribution is -0.167. The van der Waals surface area contributed by atoms with Crippen molar-refractivity contribution in [2.75, 3.05) is 13.1 Å². The third-order valence-electron chi connectivity index (χ3n) is 3.18. The van der Waals surface area contributed by atoms with E-state index in [0.717, 1.165) is 12.8 Å². The molecule has 0 spiro atoms. The van der Waals surface area contributed by atoms with Crippen molar-refractivity contribution in [2.24, 2.45) is 11.3 Å². The maximum absolute atomic E-state index is 11.0. The summed E-state index contributed by atoms with van der Waals surface area (Å²) < 4.78 is 0. The van der Waals surface area contributed by atoms with Gasteiger partial charge in [0.05, 0.1) is 0 Å². The van der Waals surface area contributed by atoms with Crippen LogP contribution >= 0.6 is 0 Å². The minimum atomic E-state index is -0.729. The van der Waals surface area contributed by atoms with Crippen LogP contribution in [0.15, 0.2) is 0 Å². The first kappa shape index (κ1) is 8.53. The van der Waals surface area contributed by atoms with Gasteiger partial charge in [-0.25, -0.2) is 0 Å². The second-order valence-corrected chi connectivity index (χ2v) is 4.11. The van der Waals surface area contributed by atoms with E-state index in [1.165, 1.54) is 6.92 Å². The summed E-state index contributed by atoms with van der Waals surface area (Å²) >= 11 is 0. The Bertz CT molecular complexity index is 264. The zero-order chi connectivity index (χ0) is 9.64. The van der Waals surface area contributed by atoms with Gasteiger partial charge in [0, 0.05) is 20.0 Å². The van der Waals surface area contributed by atoms with Crippen LogP contribution < -0.4 is 0 Å². The summed E-state index contributed by atoms with van der Waals surface area (Å²) in [5.74, 6) is -0.425. The number of nitrogens with zero attached hydrogens (tertiary/aromatic N) is 1. The number of amides is 1. The summed E-state index contributed by atoms with van der Waals surface area (Å²) in [4.78, 5) is 23.5. The predicted octanol–water partition coefficient (Wildman–Crippen LogP) is 0.329. The molecular weight excluding hydrogens is 170 g/mol. The van der Waals surface area contributed by atoms with Gasteiger partial charge in [0.2, 0.25) is 5.91 Å². The number of carboxylic acids is 1. The highest BCUT2D eigenvalue weighted by Crippen LogP contribution is 2.51. The van der Waals surface area contributed by atoms with E-state index in [2.05, 4.69) is 0 Å². The Hall–Kier alpha value is -1.06. The van der Waals surface area contributed by atoms with Crippen molar-refractivity contribution >= 4 is 11.9 Å². The number of carboxylic acid groups (broad SMARTS) is 1. The summed E-state index contributed by atoms with van der Waals surface area (Å²) in [6.45, 7) is 2.32. The normalized spacial score (nSPS) is 25.2. The van der Waals surface area contributed by atoms with E-state index in [4.69, 9.17) is 5.11 Å². The van der Waals surface area contributed by atoms with Gasteiger partial charge in [0.15, 0.2) is 0 Å².